The summed E-state index contributed by atoms with van der Waals surface area (Å²) in [5, 5.41) is 2.90. The van der Waals surface area contributed by atoms with E-state index < -0.39 is 0 Å². The molecule has 0 aromatic heterocycles. The van der Waals surface area contributed by atoms with Crippen LogP contribution in [0.25, 0.3) is 0 Å². The van der Waals surface area contributed by atoms with E-state index in [0.717, 1.165) is 12.0 Å². The van der Waals surface area contributed by atoms with Crippen molar-refractivity contribution >= 4 is 21.8 Å². The van der Waals surface area contributed by atoms with Crippen molar-refractivity contribution in [2.75, 3.05) is 26.3 Å². The van der Waals surface area contributed by atoms with E-state index in [2.05, 4.69) is 21.2 Å². The number of nitrogens with one attached hydrogen (secondary N) is 1. The summed E-state index contributed by atoms with van der Waals surface area (Å²) in [6, 6.07) is 4.64. The number of benzene rings is 1. The summed E-state index contributed by atoms with van der Waals surface area (Å²) in [4.78, 5) is 14.2. The molecule has 6 heteroatoms. The number of hydrogen-bond acceptors (Lipinski definition) is 3. The van der Waals surface area contributed by atoms with Crippen molar-refractivity contribution in [3.8, 4) is 0 Å². The molecule has 116 valence electrons. The van der Waals surface area contributed by atoms with Crippen molar-refractivity contribution in [2.24, 2.45) is 0 Å². The first-order chi connectivity index (χ1) is 10.1. The third-order valence-corrected chi connectivity index (χ3v) is 4.38. The molecule has 1 aliphatic heterocycles. The summed E-state index contributed by atoms with van der Waals surface area (Å²) in [5.74, 6) is -0.309. The van der Waals surface area contributed by atoms with E-state index in [4.69, 9.17) is 4.74 Å². The number of ether oxygens (including phenoxy) is 1. The van der Waals surface area contributed by atoms with Crippen LogP contribution in [0.5, 0.6) is 0 Å². The van der Waals surface area contributed by atoms with Gasteiger partial charge in [0.25, 0.3) is 0 Å². The number of morpholine rings is 1. The molecule has 0 radical (unpaired) electrons. The van der Waals surface area contributed by atoms with Crippen LogP contribution < -0.4 is 5.32 Å². The van der Waals surface area contributed by atoms with Gasteiger partial charge in [0, 0.05) is 19.6 Å². The van der Waals surface area contributed by atoms with E-state index in [1.54, 1.807) is 6.07 Å². The Morgan fingerprint density at radius 2 is 2.38 bits per heavy atom. The van der Waals surface area contributed by atoms with Crippen molar-refractivity contribution in [2.45, 2.75) is 25.9 Å². The van der Waals surface area contributed by atoms with E-state index >= 15 is 0 Å². The lowest BCUT2D eigenvalue weighted by Crippen LogP contribution is -2.53. The van der Waals surface area contributed by atoms with Crippen LogP contribution in [0.3, 0.4) is 0 Å². The molecule has 1 aromatic rings. The van der Waals surface area contributed by atoms with Gasteiger partial charge in [-0.25, -0.2) is 4.39 Å². The predicted octanol–water partition coefficient (Wildman–Crippen LogP) is 2.32. The van der Waals surface area contributed by atoms with E-state index in [1.165, 1.54) is 6.07 Å². The average Bonchev–Trinajstić information content (AvgIpc) is 2.50. The lowest BCUT2D eigenvalue weighted by Gasteiger charge is -2.34. The molecule has 0 spiro atoms. The molecule has 1 amide bonds. The highest BCUT2D eigenvalue weighted by atomic mass is 79.9. The maximum absolute atomic E-state index is 13.6. The van der Waals surface area contributed by atoms with Gasteiger partial charge >= 0.3 is 0 Å². The summed E-state index contributed by atoms with van der Waals surface area (Å²) in [5.41, 5.74) is 0.838. The minimum atomic E-state index is -0.319. The third kappa shape index (κ3) is 4.25. The van der Waals surface area contributed by atoms with E-state index in [1.807, 2.05) is 17.9 Å². The minimum absolute atomic E-state index is 0.0240. The molecular weight excluding hydrogens is 339 g/mol. The molecule has 1 atom stereocenters. The molecule has 0 aliphatic carbocycles. The van der Waals surface area contributed by atoms with Crippen LogP contribution in [0.15, 0.2) is 22.7 Å². The molecule has 1 heterocycles. The van der Waals surface area contributed by atoms with Gasteiger partial charge in [0.2, 0.25) is 5.91 Å². The van der Waals surface area contributed by atoms with Crippen LogP contribution in [0.4, 0.5) is 4.39 Å². The number of rotatable bonds is 5. The second-order valence-corrected chi connectivity index (χ2v) is 5.86. The molecular formula is C15H20BrFN2O2. The van der Waals surface area contributed by atoms with Crippen molar-refractivity contribution in [1.82, 2.24) is 10.2 Å². The standard InChI is InChI=1S/C15H20BrFN2O2/c1-2-6-18-15(20)13-10-21-8-7-19(13)9-11-4-3-5-12(17)14(11)16/h3-5,13H,2,6-10H2,1H3,(H,18,20). The van der Waals surface area contributed by atoms with Crippen LogP contribution in [0.2, 0.25) is 0 Å². The predicted molar refractivity (Wildman–Crippen MR) is 82.4 cm³/mol. The Labute approximate surface area is 132 Å². The summed E-state index contributed by atoms with van der Waals surface area (Å²) >= 11 is 3.27. The highest BCUT2D eigenvalue weighted by molar-refractivity contribution is 9.10. The van der Waals surface area contributed by atoms with Gasteiger partial charge in [-0.15, -0.1) is 0 Å². The van der Waals surface area contributed by atoms with Gasteiger partial charge in [0.05, 0.1) is 17.7 Å². The number of amides is 1. The number of nitrogens with zero attached hydrogens (tertiary/aromatic N) is 1. The minimum Gasteiger partial charge on any atom is -0.378 e. The molecule has 1 unspecified atom stereocenters. The molecule has 0 bridgehead atoms. The SMILES string of the molecule is CCCNC(=O)C1COCCN1Cc1cccc(F)c1Br. The largest absolute Gasteiger partial charge is 0.378 e. The molecule has 1 N–H and O–H groups in total. The van der Waals surface area contributed by atoms with E-state index in [0.29, 0.717) is 37.3 Å². The number of halogens is 2. The fraction of sp³-hybridized carbons (Fsp3) is 0.533. The van der Waals surface area contributed by atoms with Crippen molar-refractivity contribution < 1.29 is 13.9 Å². The summed E-state index contributed by atoms with van der Waals surface area (Å²) in [6.07, 6.45) is 0.898. The Morgan fingerprint density at radius 1 is 1.57 bits per heavy atom. The first-order valence-corrected chi connectivity index (χ1v) is 7.95. The van der Waals surface area contributed by atoms with Gasteiger partial charge in [0.1, 0.15) is 11.9 Å². The van der Waals surface area contributed by atoms with Gasteiger partial charge in [-0.05, 0) is 34.0 Å². The fourth-order valence-electron chi connectivity index (χ4n) is 2.32. The monoisotopic (exact) mass is 358 g/mol. The molecule has 0 saturated carbocycles. The van der Waals surface area contributed by atoms with Crippen molar-refractivity contribution in [1.29, 1.82) is 0 Å². The number of carbonyl (C=O) groups is 1. The Bertz CT molecular complexity index is 499. The van der Waals surface area contributed by atoms with Crippen LogP contribution in [0.1, 0.15) is 18.9 Å². The van der Waals surface area contributed by atoms with Crippen LogP contribution in [-0.2, 0) is 16.1 Å². The summed E-state index contributed by atoms with van der Waals surface area (Å²) in [6.45, 7) is 4.82. The highest BCUT2D eigenvalue weighted by Crippen LogP contribution is 2.23. The Balaban J connectivity index is 2.08. The van der Waals surface area contributed by atoms with Crippen molar-refractivity contribution in [3.63, 3.8) is 0 Å². The molecule has 4 nitrogen and oxygen atoms in total. The van der Waals surface area contributed by atoms with Crippen LogP contribution >= 0.6 is 15.9 Å². The molecule has 1 saturated heterocycles. The summed E-state index contributed by atoms with van der Waals surface area (Å²) in [7, 11) is 0. The average molecular weight is 359 g/mol. The zero-order valence-corrected chi connectivity index (χ0v) is 13.7. The Kier molecular flexibility index (Phi) is 6.14. The maximum Gasteiger partial charge on any atom is 0.239 e. The maximum atomic E-state index is 13.6. The highest BCUT2D eigenvalue weighted by Gasteiger charge is 2.29. The first-order valence-electron chi connectivity index (χ1n) is 7.16. The lowest BCUT2D eigenvalue weighted by atomic mass is 10.1. The van der Waals surface area contributed by atoms with Crippen LogP contribution in [-0.4, -0.2) is 43.2 Å². The van der Waals surface area contributed by atoms with Crippen LogP contribution in [0, 0.1) is 5.82 Å². The molecule has 21 heavy (non-hydrogen) atoms. The Hall–Kier alpha value is -0.980. The Morgan fingerprint density at radius 3 is 3.14 bits per heavy atom. The molecule has 1 aliphatic rings. The van der Waals surface area contributed by atoms with Gasteiger partial charge in [-0.2, -0.15) is 0 Å². The molecule has 2 rings (SSSR count). The quantitative estimate of drug-likeness (QED) is 0.878. The normalized spacial score (nSPS) is 19.5. The topological polar surface area (TPSA) is 41.6 Å². The lowest BCUT2D eigenvalue weighted by molar-refractivity contribution is -0.132. The van der Waals surface area contributed by atoms with Gasteiger partial charge in [-0.1, -0.05) is 19.1 Å². The fourth-order valence-corrected chi connectivity index (χ4v) is 2.71. The first kappa shape index (κ1) is 16.4. The molecule has 1 aromatic carbocycles. The number of carbonyl (C=O) groups excluding carboxylic acids is 1. The van der Waals surface area contributed by atoms with Gasteiger partial charge in [-0.3, -0.25) is 9.69 Å². The zero-order chi connectivity index (χ0) is 15.2. The number of hydrogen-bond donors (Lipinski definition) is 1. The molecule has 1 fully saturated rings. The zero-order valence-electron chi connectivity index (χ0n) is 12.1. The van der Waals surface area contributed by atoms with E-state index in [-0.39, 0.29) is 17.8 Å². The van der Waals surface area contributed by atoms with E-state index in [9.17, 15) is 9.18 Å². The van der Waals surface area contributed by atoms with Gasteiger partial charge < -0.3 is 10.1 Å². The van der Waals surface area contributed by atoms with Crippen molar-refractivity contribution in [3.05, 3.63) is 34.1 Å². The summed E-state index contributed by atoms with van der Waals surface area (Å²) < 4.78 is 19.5. The van der Waals surface area contributed by atoms with Gasteiger partial charge in [0.15, 0.2) is 0 Å². The second kappa shape index (κ2) is 7.87. The third-order valence-electron chi connectivity index (χ3n) is 3.50. The second-order valence-electron chi connectivity index (χ2n) is 5.07. The smallest absolute Gasteiger partial charge is 0.239 e.